The molecule has 2 atom stereocenters. The van der Waals surface area contributed by atoms with Gasteiger partial charge in [0, 0.05) is 0 Å². The van der Waals surface area contributed by atoms with E-state index >= 15 is 0 Å². The number of nitrogens with zero attached hydrogens (tertiary/aromatic N) is 1. The summed E-state index contributed by atoms with van der Waals surface area (Å²) in [5.74, 6) is 1.35. The van der Waals surface area contributed by atoms with Gasteiger partial charge in [-0.15, -0.1) is 0 Å². The van der Waals surface area contributed by atoms with Gasteiger partial charge in [0.25, 0.3) is 0 Å². The summed E-state index contributed by atoms with van der Waals surface area (Å²) >= 11 is 0. The van der Waals surface area contributed by atoms with Crippen molar-refractivity contribution in [1.82, 2.24) is 4.98 Å². The van der Waals surface area contributed by atoms with Gasteiger partial charge in [-0.05, 0) is 23.6 Å². The van der Waals surface area contributed by atoms with Crippen molar-refractivity contribution in [2.24, 2.45) is 5.92 Å². The summed E-state index contributed by atoms with van der Waals surface area (Å²) in [6.45, 7) is 4.42. The van der Waals surface area contributed by atoms with Gasteiger partial charge >= 0.3 is 0 Å². The van der Waals surface area contributed by atoms with Crippen LogP contribution in [0.4, 0.5) is 5.69 Å². The van der Waals surface area contributed by atoms with E-state index in [0.29, 0.717) is 11.6 Å². The summed E-state index contributed by atoms with van der Waals surface area (Å²) in [5.41, 5.74) is 9.41. The van der Waals surface area contributed by atoms with Gasteiger partial charge in [0.1, 0.15) is 5.52 Å². The summed E-state index contributed by atoms with van der Waals surface area (Å²) in [6.07, 6.45) is 1.06. The third-order valence-electron chi connectivity index (χ3n) is 4.10. The number of para-hydroxylation sites is 1. The van der Waals surface area contributed by atoms with Crippen LogP contribution in [0.15, 0.2) is 52.9 Å². The minimum Gasteiger partial charge on any atom is -0.440 e. The van der Waals surface area contributed by atoms with Crippen LogP contribution in [0, 0.1) is 5.92 Å². The number of anilines is 1. The second-order valence-corrected chi connectivity index (χ2v) is 5.52. The fourth-order valence-electron chi connectivity index (χ4n) is 2.73. The van der Waals surface area contributed by atoms with E-state index in [0.717, 1.165) is 23.4 Å². The van der Waals surface area contributed by atoms with E-state index in [1.54, 1.807) is 0 Å². The molecule has 0 spiro atoms. The van der Waals surface area contributed by atoms with E-state index in [9.17, 15) is 0 Å². The van der Waals surface area contributed by atoms with Gasteiger partial charge < -0.3 is 10.2 Å². The number of benzene rings is 2. The Morgan fingerprint density at radius 1 is 1.10 bits per heavy atom. The largest absolute Gasteiger partial charge is 0.440 e. The predicted molar refractivity (Wildman–Crippen MR) is 86.2 cm³/mol. The van der Waals surface area contributed by atoms with E-state index in [-0.39, 0.29) is 5.92 Å². The van der Waals surface area contributed by atoms with Crippen molar-refractivity contribution in [2.45, 2.75) is 26.2 Å². The van der Waals surface area contributed by atoms with Gasteiger partial charge in [0.15, 0.2) is 5.58 Å². The highest BCUT2D eigenvalue weighted by Gasteiger charge is 2.25. The van der Waals surface area contributed by atoms with E-state index in [1.807, 2.05) is 24.3 Å². The molecule has 3 aromatic rings. The first-order valence-corrected chi connectivity index (χ1v) is 7.40. The molecular weight excluding hydrogens is 260 g/mol. The summed E-state index contributed by atoms with van der Waals surface area (Å²) in [4.78, 5) is 4.67. The predicted octanol–water partition coefficient (Wildman–Crippen LogP) is 4.59. The first kappa shape index (κ1) is 13.7. The molecule has 0 radical (unpaired) electrons. The lowest BCUT2D eigenvalue weighted by molar-refractivity contribution is 0.406. The van der Waals surface area contributed by atoms with Crippen molar-refractivity contribution in [1.29, 1.82) is 0 Å². The van der Waals surface area contributed by atoms with Gasteiger partial charge in [-0.2, -0.15) is 0 Å². The van der Waals surface area contributed by atoms with Crippen LogP contribution < -0.4 is 5.73 Å². The molecule has 0 amide bonds. The van der Waals surface area contributed by atoms with Crippen LogP contribution in [0.3, 0.4) is 0 Å². The van der Waals surface area contributed by atoms with Crippen LogP contribution in [-0.2, 0) is 0 Å². The Bertz CT molecular complexity index is 733. The molecule has 0 saturated heterocycles. The van der Waals surface area contributed by atoms with Crippen molar-refractivity contribution in [2.75, 3.05) is 5.73 Å². The maximum atomic E-state index is 6.00. The average molecular weight is 280 g/mol. The van der Waals surface area contributed by atoms with Gasteiger partial charge in [0.05, 0.1) is 11.6 Å². The Kier molecular flexibility index (Phi) is 3.65. The highest BCUT2D eigenvalue weighted by Crippen LogP contribution is 2.35. The van der Waals surface area contributed by atoms with Gasteiger partial charge in [-0.25, -0.2) is 4.98 Å². The van der Waals surface area contributed by atoms with Crippen LogP contribution >= 0.6 is 0 Å². The first-order valence-electron chi connectivity index (χ1n) is 7.40. The van der Waals surface area contributed by atoms with Gasteiger partial charge in [0.2, 0.25) is 5.89 Å². The molecule has 1 aromatic heterocycles. The van der Waals surface area contributed by atoms with Crippen LogP contribution in [0.5, 0.6) is 0 Å². The minimum atomic E-state index is 0.156. The highest BCUT2D eigenvalue weighted by molar-refractivity contribution is 5.85. The summed E-state index contributed by atoms with van der Waals surface area (Å²) in [5, 5.41) is 0. The molecule has 108 valence electrons. The van der Waals surface area contributed by atoms with Crippen molar-refractivity contribution < 1.29 is 4.42 Å². The number of nitrogens with two attached hydrogens (primary N) is 1. The number of oxazole rings is 1. The highest BCUT2D eigenvalue weighted by atomic mass is 16.3. The fraction of sp³-hybridized carbons (Fsp3) is 0.278. The Morgan fingerprint density at radius 3 is 2.52 bits per heavy atom. The molecule has 0 aliphatic heterocycles. The smallest absolute Gasteiger partial charge is 0.203 e. The van der Waals surface area contributed by atoms with Crippen LogP contribution in [0.1, 0.15) is 37.6 Å². The zero-order chi connectivity index (χ0) is 14.8. The fourth-order valence-corrected chi connectivity index (χ4v) is 2.73. The lowest BCUT2D eigenvalue weighted by atomic mass is 9.85. The van der Waals surface area contributed by atoms with Crippen molar-refractivity contribution in [3.8, 4) is 0 Å². The lowest BCUT2D eigenvalue weighted by Gasteiger charge is -2.20. The number of aromatic nitrogens is 1. The standard InChI is InChI=1S/C18H20N2O/c1-3-12(2)16(13-8-5-4-6-9-13)18-20-17-14(19)10-7-11-15(17)21-18/h4-12,16H,3,19H2,1-2H3. The average Bonchev–Trinajstić information content (AvgIpc) is 2.93. The molecule has 3 rings (SSSR count). The summed E-state index contributed by atoms with van der Waals surface area (Å²) in [6, 6.07) is 16.1. The van der Waals surface area contributed by atoms with Gasteiger partial charge in [-0.3, -0.25) is 0 Å². The van der Waals surface area contributed by atoms with E-state index < -0.39 is 0 Å². The van der Waals surface area contributed by atoms with Crippen LogP contribution in [-0.4, -0.2) is 4.98 Å². The van der Waals surface area contributed by atoms with Crippen LogP contribution in [0.2, 0.25) is 0 Å². The molecule has 0 aliphatic rings. The van der Waals surface area contributed by atoms with E-state index in [2.05, 4.69) is 43.1 Å². The molecule has 0 aliphatic carbocycles. The van der Waals surface area contributed by atoms with Gasteiger partial charge in [-0.1, -0.05) is 56.7 Å². The lowest BCUT2D eigenvalue weighted by Crippen LogP contribution is -2.11. The molecule has 2 N–H and O–H groups in total. The Morgan fingerprint density at radius 2 is 1.86 bits per heavy atom. The van der Waals surface area contributed by atoms with E-state index in [4.69, 9.17) is 10.2 Å². The molecular formula is C18H20N2O. The molecule has 0 saturated carbocycles. The Labute approximate surface area is 124 Å². The third-order valence-corrected chi connectivity index (χ3v) is 4.10. The maximum Gasteiger partial charge on any atom is 0.203 e. The SMILES string of the molecule is CCC(C)C(c1ccccc1)c1nc2c(N)cccc2o1. The second-order valence-electron chi connectivity index (χ2n) is 5.52. The quantitative estimate of drug-likeness (QED) is 0.711. The molecule has 21 heavy (non-hydrogen) atoms. The summed E-state index contributed by atoms with van der Waals surface area (Å²) < 4.78 is 6.00. The number of fused-ring (bicyclic) bond motifs is 1. The van der Waals surface area contributed by atoms with Crippen molar-refractivity contribution >= 4 is 16.8 Å². The first-order chi connectivity index (χ1) is 10.2. The Balaban J connectivity index is 2.12. The third kappa shape index (κ3) is 2.51. The topological polar surface area (TPSA) is 52.0 Å². The zero-order valence-corrected chi connectivity index (χ0v) is 12.4. The number of nitrogen functional groups attached to an aromatic ring is 1. The second kappa shape index (κ2) is 5.60. The number of hydrogen-bond donors (Lipinski definition) is 1. The Hall–Kier alpha value is -2.29. The molecule has 2 aromatic carbocycles. The zero-order valence-electron chi connectivity index (χ0n) is 12.4. The molecule has 3 heteroatoms. The van der Waals surface area contributed by atoms with E-state index in [1.165, 1.54) is 5.56 Å². The monoisotopic (exact) mass is 280 g/mol. The molecule has 3 nitrogen and oxygen atoms in total. The van der Waals surface area contributed by atoms with Crippen molar-refractivity contribution in [3.63, 3.8) is 0 Å². The molecule has 0 fully saturated rings. The minimum absolute atomic E-state index is 0.156. The molecule has 2 unspecified atom stereocenters. The number of hydrogen-bond acceptors (Lipinski definition) is 3. The number of rotatable bonds is 4. The van der Waals surface area contributed by atoms with Crippen molar-refractivity contribution in [3.05, 3.63) is 60.0 Å². The normalized spacial score (nSPS) is 14.2. The summed E-state index contributed by atoms with van der Waals surface area (Å²) in [7, 11) is 0. The van der Waals surface area contributed by atoms with Crippen LogP contribution in [0.25, 0.3) is 11.1 Å². The molecule has 0 bridgehead atoms. The molecule has 1 heterocycles. The maximum absolute atomic E-state index is 6.00.